The predicted octanol–water partition coefficient (Wildman–Crippen LogP) is 7.16. The van der Waals surface area contributed by atoms with Gasteiger partial charge in [0.25, 0.3) is 4.87 Å². The molecule has 1 N–H and O–H groups in total. The maximum Gasteiger partial charge on any atom is 0.303 e. The highest BCUT2D eigenvalue weighted by Gasteiger charge is 2.33. The van der Waals surface area contributed by atoms with Crippen LogP contribution in [0.1, 0.15) is 90.9 Å². The summed E-state index contributed by atoms with van der Waals surface area (Å²) in [7, 11) is 0. The Morgan fingerprint density at radius 1 is 1.08 bits per heavy atom. The van der Waals surface area contributed by atoms with E-state index in [2.05, 4.69) is 11.8 Å². The van der Waals surface area contributed by atoms with Crippen molar-refractivity contribution in [3.05, 3.63) is 11.4 Å². The minimum atomic E-state index is -0.862. The molecule has 25 heavy (non-hydrogen) atoms. The Hall–Kier alpha value is -0.250. The Kier molecular flexibility index (Phi) is 15.8. The fraction of sp³-hybridized carbons (Fsp3) is 0.842. The van der Waals surface area contributed by atoms with Crippen molar-refractivity contribution < 1.29 is 9.90 Å². The first kappa shape index (κ1) is 24.8. The summed E-state index contributed by atoms with van der Waals surface area (Å²) in [6.07, 6.45) is 13.6. The quantitative estimate of drug-likeness (QED) is 0.178. The molecule has 0 amide bonds. The number of nitrogens with zero attached hydrogens (tertiary/aromatic N) is 1. The molecule has 0 bridgehead atoms. The van der Waals surface area contributed by atoms with Gasteiger partial charge in [0.05, 0.1) is 6.42 Å². The van der Waals surface area contributed by atoms with Crippen LogP contribution in [0.5, 0.6) is 0 Å². The van der Waals surface area contributed by atoms with Gasteiger partial charge in [-0.2, -0.15) is 0 Å². The Balaban J connectivity index is 3.63. The van der Waals surface area contributed by atoms with E-state index in [-0.39, 0.29) is 6.42 Å². The predicted molar refractivity (Wildman–Crippen MR) is 116 cm³/mol. The molecule has 0 heterocycles. The molecule has 0 aliphatic rings. The zero-order valence-corrected chi connectivity index (χ0v) is 18.2. The summed E-state index contributed by atoms with van der Waals surface area (Å²) >= 11 is 8.33. The highest BCUT2D eigenvalue weighted by Crippen LogP contribution is 2.36. The van der Waals surface area contributed by atoms with Crippen LogP contribution in [0.3, 0.4) is 0 Å². The molecule has 0 aromatic carbocycles. The Bertz CT molecular complexity index is 423. The summed E-state index contributed by atoms with van der Waals surface area (Å²) in [4.78, 5) is 13.5. The number of carboxylic acid groups (broad SMARTS) is 1. The molecule has 6 heteroatoms. The minimum absolute atomic E-state index is 0.0115. The lowest BCUT2D eigenvalue weighted by Crippen LogP contribution is -2.18. The van der Waals surface area contributed by atoms with Crippen LogP contribution in [0.4, 0.5) is 0 Å². The number of unbranched alkanes of at least 4 members (excludes halogenated alkanes) is 9. The average molecular weight is 404 g/mol. The largest absolute Gasteiger partial charge is 0.481 e. The zero-order valence-electron chi connectivity index (χ0n) is 15.7. The summed E-state index contributed by atoms with van der Waals surface area (Å²) in [6, 6.07) is 0. The van der Waals surface area contributed by atoms with E-state index >= 15 is 0 Å². The minimum Gasteiger partial charge on any atom is -0.481 e. The molecule has 0 saturated carbocycles. The standard InChI is InChI=1S/C19H33NO2S3/c1-4-5-6-7-8-9-10-11-12-13-16-24-18(23)25-19(2,20-3)15-14-17(21)22/h4-16H2,1-2H3,(H,21,22). The van der Waals surface area contributed by atoms with Gasteiger partial charge in [-0.05, 0) is 23.9 Å². The van der Waals surface area contributed by atoms with Crippen molar-refractivity contribution in [1.29, 1.82) is 0 Å². The van der Waals surface area contributed by atoms with Crippen LogP contribution in [0.2, 0.25) is 0 Å². The molecule has 1 unspecified atom stereocenters. The molecule has 0 rings (SSSR count). The Morgan fingerprint density at radius 2 is 1.60 bits per heavy atom. The van der Waals surface area contributed by atoms with Gasteiger partial charge in [0.1, 0.15) is 3.53 Å². The van der Waals surface area contributed by atoms with Gasteiger partial charge in [-0.25, -0.2) is 6.57 Å². The highest BCUT2D eigenvalue weighted by atomic mass is 32.2. The monoisotopic (exact) mass is 403 g/mol. The zero-order chi connectivity index (χ0) is 19.0. The number of aliphatic carboxylic acids is 1. The summed E-state index contributed by atoms with van der Waals surface area (Å²) in [5.41, 5.74) is 0. The van der Waals surface area contributed by atoms with Crippen LogP contribution >= 0.6 is 35.7 Å². The maximum absolute atomic E-state index is 10.7. The molecular weight excluding hydrogens is 370 g/mol. The lowest BCUT2D eigenvalue weighted by atomic mass is 10.1. The SMILES string of the molecule is [C-]#[N+]C(C)(CCC(=O)O)SC(=S)SCCCCCCCCCCCC. The molecule has 0 saturated heterocycles. The topological polar surface area (TPSA) is 41.7 Å². The van der Waals surface area contributed by atoms with Crippen LogP contribution in [0, 0.1) is 6.57 Å². The number of thioether (sulfide) groups is 2. The molecule has 0 aromatic rings. The molecular formula is C19H33NO2S3. The van der Waals surface area contributed by atoms with Crippen molar-refractivity contribution in [3.63, 3.8) is 0 Å². The van der Waals surface area contributed by atoms with Gasteiger partial charge in [0.15, 0.2) is 0 Å². The molecule has 0 radical (unpaired) electrons. The number of thiocarbonyl (C=S) groups is 1. The summed E-state index contributed by atoms with van der Waals surface area (Å²) < 4.78 is 0.764. The van der Waals surface area contributed by atoms with Crippen LogP contribution in [-0.4, -0.2) is 25.2 Å². The molecule has 0 fully saturated rings. The van der Waals surface area contributed by atoms with Crippen molar-refractivity contribution >= 4 is 45.2 Å². The Morgan fingerprint density at radius 3 is 2.08 bits per heavy atom. The van der Waals surface area contributed by atoms with Crippen molar-refractivity contribution in [2.75, 3.05) is 5.75 Å². The van der Waals surface area contributed by atoms with E-state index < -0.39 is 10.8 Å². The van der Waals surface area contributed by atoms with E-state index in [0.29, 0.717) is 6.42 Å². The van der Waals surface area contributed by atoms with Crippen LogP contribution in [0.15, 0.2) is 0 Å². The normalized spacial score (nSPS) is 13.2. The molecule has 0 spiro atoms. The number of carboxylic acids is 1. The van der Waals surface area contributed by atoms with Crippen LogP contribution in [-0.2, 0) is 4.79 Å². The summed E-state index contributed by atoms with van der Waals surface area (Å²) in [5.74, 6) is 0.134. The van der Waals surface area contributed by atoms with Crippen LogP contribution < -0.4 is 0 Å². The van der Waals surface area contributed by atoms with Crippen molar-refractivity contribution in [2.45, 2.75) is 95.8 Å². The molecule has 1 atom stereocenters. The van der Waals surface area contributed by atoms with E-state index in [1.54, 1.807) is 18.7 Å². The summed E-state index contributed by atoms with van der Waals surface area (Å²) in [5, 5.41) is 8.77. The lowest BCUT2D eigenvalue weighted by Gasteiger charge is -2.15. The second-order valence-corrected chi connectivity index (χ2v) is 10.3. The average Bonchev–Trinajstić information content (AvgIpc) is 2.58. The number of hydrogen-bond acceptors (Lipinski definition) is 4. The van der Waals surface area contributed by atoms with E-state index in [9.17, 15) is 4.79 Å². The second-order valence-electron chi connectivity index (χ2n) is 6.56. The highest BCUT2D eigenvalue weighted by molar-refractivity contribution is 8.47. The van der Waals surface area contributed by atoms with Crippen LogP contribution in [0.25, 0.3) is 4.85 Å². The van der Waals surface area contributed by atoms with Gasteiger partial charge < -0.3 is 5.11 Å². The van der Waals surface area contributed by atoms with Gasteiger partial charge in [-0.1, -0.05) is 76.9 Å². The lowest BCUT2D eigenvalue weighted by molar-refractivity contribution is -0.137. The molecule has 0 aromatic heterocycles. The van der Waals surface area contributed by atoms with Crippen molar-refractivity contribution in [3.8, 4) is 0 Å². The first-order valence-corrected chi connectivity index (χ1v) is 11.6. The number of rotatable bonds is 15. The van der Waals surface area contributed by atoms with E-state index in [1.807, 2.05) is 0 Å². The van der Waals surface area contributed by atoms with Gasteiger partial charge in [0.2, 0.25) is 0 Å². The molecule has 144 valence electrons. The molecule has 0 aliphatic heterocycles. The second kappa shape index (κ2) is 16.0. The van der Waals surface area contributed by atoms with Crippen molar-refractivity contribution in [1.82, 2.24) is 0 Å². The van der Waals surface area contributed by atoms with E-state index in [1.165, 1.54) is 69.5 Å². The first-order valence-electron chi connectivity index (χ1n) is 9.39. The smallest absolute Gasteiger partial charge is 0.303 e. The van der Waals surface area contributed by atoms with Crippen molar-refractivity contribution in [2.24, 2.45) is 0 Å². The third-order valence-corrected chi connectivity index (χ3v) is 6.90. The van der Waals surface area contributed by atoms with E-state index in [4.69, 9.17) is 23.9 Å². The van der Waals surface area contributed by atoms with E-state index in [0.717, 1.165) is 15.7 Å². The first-order chi connectivity index (χ1) is 11.9. The fourth-order valence-electron chi connectivity index (χ4n) is 2.42. The third kappa shape index (κ3) is 15.7. The van der Waals surface area contributed by atoms with Gasteiger partial charge >= 0.3 is 5.97 Å². The number of carbonyl (C=O) groups is 1. The Labute approximate surface area is 167 Å². The molecule has 3 nitrogen and oxygen atoms in total. The van der Waals surface area contributed by atoms with Gasteiger partial charge in [0, 0.05) is 13.3 Å². The maximum atomic E-state index is 10.7. The van der Waals surface area contributed by atoms with Gasteiger partial charge in [-0.15, -0.1) is 11.8 Å². The summed E-state index contributed by atoms with van der Waals surface area (Å²) in [6.45, 7) is 11.3. The molecule has 0 aliphatic carbocycles. The number of hydrogen-bond donors (Lipinski definition) is 1. The fourth-order valence-corrected chi connectivity index (χ4v) is 5.36. The van der Waals surface area contributed by atoms with Gasteiger partial charge in [-0.3, -0.25) is 9.64 Å². The third-order valence-electron chi connectivity index (χ3n) is 4.06.